The molecule has 5 atom stereocenters. The van der Waals surface area contributed by atoms with E-state index in [1.807, 2.05) is 0 Å². The van der Waals surface area contributed by atoms with Gasteiger partial charge in [0.1, 0.15) is 23.9 Å². The Labute approximate surface area is 201 Å². The van der Waals surface area contributed by atoms with Crippen LogP contribution in [0.15, 0.2) is 51.7 Å². The van der Waals surface area contributed by atoms with Crippen LogP contribution in [0.25, 0.3) is 22.3 Å². The Kier molecular flexibility index (Phi) is 6.61. The maximum absolute atomic E-state index is 12.5. The van der Waals surface area contributed by atoms with E-state index in [2.05, 4.69) is 4.18 Å². The Morgan fingerprint density at radius 2 is 1.67 bits per heavy atom. The largest absolute Gasteiger partial charge is 0.502 e. The lowest BCUT2D eigenvalue weighted by atomic mass is 9.99. The number of aliphatic hydroxyl groups is 3. The number of ether oxygens (including phenoxy) is 2. The third-order valence-electron chi connectivity index (χ3n) is 5.23. The third-order valence-corrected chi connectivity index (χ3v) is 5.62. The summed E-state index contributed by atoms with van der Waals surface area (Å²) in [5, 5.41) is 49.5. The third kappa shape index (κ3) is 4.83. The van der Waals surface area contributed by atoms with Crippen molar-refractivity contribution in [3.8, 4) is 28.6 Å². The van der Waals surface area contributed by atoms with E-state index in [-0.39, 0.29) is 22.3 Å². The maximum Gasteiger partial charge on any atom is 0.446 e. The first kappa shape index (κ1) is 25.4. The molecule has 1 fully saturated rings. The van der Waals surface area contributed by atoms with Crippen LogP contribution in [0.4, 0.5) is 0 Å². The van der Waals surface area contributed by atoms with Crippen LogP contribution in [0.3, 0.4) is 0 Å². The zero-order valence-electron chi connectivity index (χ0n) is 17.8. The van der Waals surface area contributed by atoms with Crippen molar-refractivity contribution in [2.45, 2.75) is 30.7 Å². The fourth-order valence-corrected chi connectivity index (χ4v) is 3.88. The lowest BCUT2D eigenvalue weighted by Crippen LogP contribution is -2.61. The molecule has 0 spiro atoms. The van der Waals surface area contributed by atoms with Crippen molar-refractivity contribution in [3.05, 3.63) is 52.7 Å². The van der Waals surface area contributed by atoms with Gasteiger partial charge in [-0.05, 0) is 30.3 Å². The van der Waals surface area contributed by atoms with Gasteiger partial charge in [-0.25, -0.2) is 4.79 Å². The van der Waals surface area contributed by atoms with Gasteiger partial charge in [0.25, 0.3) is 0 Å². The highest BCUT2D eigenvalue weighted by atomic mass is 32.3. The second-order valence-electron chi connectivity index (χ2n) is 7.63. The number of aliphatic carboxylic acids is 1. The fraction of sp³-hybridized carbons (Fsp3) is 0.238. The van der Waals surface area contributed by atoms with E-state index in [1.165, 1.54) is 18.2 Å². The first-order valence-electron chi connectivity index (χ1n) is 10.0. The number of carbonyl (C=O) groups is 1. The summed E-state index contributed by atoms with van der Waals surface area (Å²) in [6.45, 7) is 0. The van der Waals surface area contributed by atoms with E-state index >= 15 is 0 Å². The smallest absolute Gasteiger partial charge is 0.446 e. The summed E-state index contributed by atoms with van der Waals surface area (Å²) in [7, 11) is -5.17. The second-order valence-corrected chi connectivity index (χ2v) is 8.65. The average molecular weight is 526 g/mol. The van der Waals surface area contributed by atoms with Crippen LogP contribution >= 0.6 is 0 Å². The molecule has 2 heterocycles. The number of benzene rings is 2. The van der Waals surface area contributed by atoms with Crippen molar-refractivity contribution < 1.29 is 61.4 Å². The van der Waals surface area contributed by atoms with Gasteiger partial charge in [-0.15, -0.1) is 0 Å². The van der Waals surface area contributed by atoms with Gasteiger partial charge >= 0.3 is 16.4 Å². The topological polar surface area (TPSA) is 230 Å². The van der Waals surface area contributed by atoms with E-state index in [1.54, 1.807) is 12.1 Å². The summed E-state index contributed by atoms with van der Waals surface area (Å²) in [6, 6.07) is 9.07. The van der Waals surface area contributed by atoms with Crippen LogP contribution in [0.5, 0.6) is 17.2 Å². The minimum absolute atomic E-state index is 0.0743. The number of para-hydroxylation sites is 1. The number of fused-ring (bicyclic) bond motifs is 1. The normalized spacial score (nSPS) is 24.4. The molecule has 0 unspecified atom stereocenters. The molecule has 192 valence electrons. The molecule has 4 rings (SSSR count). The van der Waals surface area contributed by atoms with Crippen molar-refractivity contribution in [2.24, 2.45) is 0 Å². The maximum atomic E-state index is 12.5. The lowest BCUT2D eigenvalue weighted by Gasteiger charge is -2.38. The molecule has 1 saturated heterocycles. The Morgan fingerprint density at radius 1 is 0.972 bits per heavy atom. The van der Waals surface area contributed by atoms with Crippen LogP contribution in [-0.2, 0) is 19.9 Å². The fourth-order valence-electron chi connectivity index (χ4n) is 3.53. The molecule has 6 N–H and O–H groups in total. The molecular weight excluding hydrogens is 508 g/mol. The van der Waals surface area contributed by atoms with Crippen LogP contribution in [0, 0.1) is 0 Å². The Hall–Kier alpha value is -3.73. The summed E-state index contributed by atoms with van der Waals surface area (Å²) in [6.07, 6.45) is -9.96. The van der Waals surface area contributed by atoms with Crippen molar-refractivity contribution in [1.82, 2.24) is 0 Å². The van der Waals surface area contributed by atoms with Crippen LogP contribution < -0.4 is 14.3 Å². The molecule has 14 nitrogen and oxygen atoms in total. The van der Waals surface area contributed by atoms with E-state index in [0.29, 0.717) is 0 Å². The van der Waals surface area contributed by atoms with Crippen molar-refractivity contribution in [2.75, 3.05) is 0 Å². The Morgan fingerprint density at radius 3 is 2.33 bits per heavy atom. The Bertz CT molecular complexity index is 1480. The summed E-state index contributed by atoms with van der Waals surface area (Å²) < 4.78 is 52.3. The van der Waals surface area contributed by atoms with Gasteiger partial charge in [-0.3, -0.25) is 9.35 Å². The van der Waals surface area contributed by atoms with Gasteiger partial charge in [-0.1, -0.05) is 12.1 Å². The number of aromatic hydroxyl groups is 1. The molecule has 0 aliphatic carbocycles. The van der Waals surface area contributed by atoms with E-state index in [9.17, 15) is 43.0 Å². The molecule has 3 aromatic rings. The highest BCUT2D eigenvalue weighted by molar-refractivity contribution is 7.81. The van der Waals surface area contributed by atoms with Crippen LogP contribution in [-0.4, -0.2) is 75.2 Å². The second kappa shape index (κ2) is 9.38. The number of rotatable bonds is 6. The van der Waals surface area contributed by atoms with Gasteiger partial charge in [0.05, 0.1) is 5.39 Å². The molecular formula is C21H18O14S. The SMILES string of the molecule is O=C(O)[C@@H]1O[C@H](Oc2ccc(-c3oc4ccccc4c(=O)c3O)cc2OS(=O)(=O)O)[C@@H](O)[C@H](O)[C@H]1O. The van der Waals surface area contributed by atoms with Crippen molar-refractivity contribution >= 4 is 27.3 Å². The number of carboxylic acid groups (broad SMARTS) is 1. The molecule has 0 radical (unpaired) electrons. The predicted octanol–water partition coefficient (Wildman–Crippen LogP) is -0.382. The van der Waals surface area contributed by atoms with Crippen molar-refractivity contribution in [3.63, 3.8) is 0 Å². The molecule has 15 heteroatoms. The van der Waals surface area contributed by atoms with Crippen LogP contribution in [0.2, 0.25) is 0 Å². The molecule has 0 saturated carbocycles. The first-order valence-corrected chi connectivity index (χ1v) is 11.4. The predicted molar refractivity (Wildman–Crippen MR) is 117 cm³/mol. The number of hydrogen-bond donors (Lipinski definition) is 6. The van der Waals surface area contributed by atoms with Crippen molar-refractivity contribution in [1.29, 1.82) is 0 Å². The van der Waals surface area contributed by atoms with E-state index in [0.717, 1.165) is 12.1 Å². The molecule has 36 heavy (non-hydrogen) atoms. The van der Waals surface area contributed by atoms with Gasteiger partial charge in [0.2, 0.25) is 17.5 Å². The summed E-state index contributed by atoms with van der Waals surface area (Å²) in [5.41, 5.74) is -0.792. The zero-order chi connectivity index (χ0) is 26.4. The van der Waals surface area contributed by atoms with Gasteiger partial charge in [0.15, 0.2) is 23.4 Å². The van der Waals surface area contributed by atoms with E-state index in [4.69, 9.17) is 19.0 Å². The number of carboxylic acids is 1. The summed E-state index contributed by atoms with van der Waals surface area (Å²) in [4.78, 5) is 23.8. The molecule has 0 amide bonds. The average Bonchev–Trinajstić information content (AvgIpc) is 2.81. The molecule has 1 aliphatic heterocycles. The minimum atomic E-state index is -5.17. The summed E-state index contributed by atoms with van der Waals surface area (Å²) >= 11 is 0. The molecule has 2 aromatic carbocycles. The quantitative estimate of drug-likeness (QED) is 0.225. The summed E-state index contributed by atoms with van der Waals surface area (Å²) in [5.74, 6) is -4.19. The molecule has 1 aliphatic rings. The standard InChI is InChI=1S/C21H18O14S/c22-13-9-3-1-2-4-10(9)32-18(15(13)24)8-5-6-11(12(7-8)35-36(29,30)31)33-21-17(26)14(23)16(25)19(34-21)20(27)28/h1-7,14,16-17,19,21,23-26H,(H,27,28)(H,29,30,31)/t14-,16-,17+,19-,21+/m1/s1. The number of aliphatic hydroxyl groups excluding tert-OH is 3. The van der Waals surface area contributed by atoms with Gasteiger partial charge < -0.3 is 43.6 Å². The highest BCUT2D eigenvalue weighted by Gasteiger charge is 2.48. The van der Waals surface area contributed by atoms with Crippen LogP contribution in [0.1, 0.15) is 0 Å². The van der Waals surface area contributed by atoms with Gasteiger partial charge in [0, 0.05) is 5.56 Å². The van der Waals surface area contributed by atoms with E-state index < -0.39 is 69.8 Å². The lowest BCUT2D eigenvalue weighted by molar-refractivity contribution is -0.271. The molecule has 1 aromatic heterocycles. The first-order chi connectivity index (χ1) is 16.9. The monoisotopic (exact) mass is 526 g/mol. The molecule has 0 bridgehead atoms. The number of hydrogen-bond acceptors (Lipinski definition) is 12. The Balaban J connectivity index is 1.77. The van der Waals surface area contributed by atoms with Gasteiger partial charge in [-0.2, -0.15) is 8.42 Å². The highest BCUT2D eigenvalue weighted by Crippen LogP contribution is 2.38. The zero-order valence-corrected chi connectivity index (χ0v) is 18.6. The minimum Gasteiger partial charge on any atom is -0.502 e.